The van der Waals surface area contributed by atoms with Gasteiger partial charge in [0, 0.05) is 62.9 Å². The van der Waals surface area contributed by atoms with Gasteiger partial charge in [-0.1, -0.05) is 6.92 Å². The third kappa shape index (κ3) is 2.80. The highest BCUT2D eigenvalue weighted by Crippen LogP contribution is 2.21. The summed E-state index contributed by atoms with van der Waals surface area (Å²) in [5, 5.41) is 3.66. The first kappa shape index (κ1) is 13.8. The molecule has 1 aromatic heterocycles. The minimum absolute atomic E-state index is 0.453. The van der Waals surface area contributed by atoms with Crippen molar-refractivity contribution in [2.75, 3.05) is 45.0 Å². The van der Waals surface area contributed by atoms with Gasteiger partial charge >= 0.3 is 0 Å². The standard InChI is InChI=1S/C15H25N5/c1-2-18-14(9-12-10-17-4-3-13(12)16)15-11-19-5-7-20(15)8-6-19/h3-4,10,14-15,18H,2,5-9,11H2,1H3,(H2,16,17). The summed E-state index contributed by atoms with van der Waals surface area (Å²) < 4.78 is 0. The first-order valence-corrected chi connectivity index (χ1v) is 7.66. The van der Waals surface area contributed by atoms with Crippen LogP contribution in [0.5, 0.6) is 0 Å². The number of nitrogens with zero attached hydrogens (tertiary/aromatic N) is 3. The minimum Gasteiger partial charge on any atom is -0.398 e. The lowest BCUT2D eigenvalue weighted by Gasteiger charge is -2.50. The van der Waals surface area contributed by atoms with E-state index in [4.69, 9.17) is 5.73 Å². The van der Waals surface area contributed by atoms with Crippen LogP contribution in [0.25, 0.3) is 0 Å². The molecule has 3 aliphatic rings. The number of likely N-dealkylation sites (N-methyl/N-ethyl adjacent to an activating group) is 1. The topological polar surface area (TPSA) is 57.4 Å². The summed E-state index contributed by atoms with van der Waals surface area (Å²) in [6.07, 6.45) is 4.64. The molecule has 3 N–H and O–H groups in total. The predicted molar refractivity (Wildman–Crippen MR) is 81.6 cm³/mol. The van der Waals surface area contributed by atoms with Gasteiger partial charge in [0.2, 0.25) is 0 Å². The maximum atomic E-state index is 6.08. The molecule has 110 valence electrons. The van der Waals surface area contributed by atoms with Crippen LogP contribution in [-0.4, -0.2) is 66.1 Å². The van der Waals surface area contributed by atoms with Crippen LogP contribution in [0, 0.1) is 0 Å². The summed E-state index contributed by atoms with van der Waals surface area (Å²) in [5.74, 6) is 0. The van der Waals surface area contributed by atoms with Crippen LogP contribution in [0.1, 0.15) is 12.5 Å². The van der Waals surface area contributed by atoms with Crippen LogP contribution >= 0.6 is 0 Å². The maximum absolute atomic E-state index is 6.08. The zero-order valence-electron chi connectivity index (χ0n) is 12.3. The molecule has 0 aromatic carbocycles. The van der Waals surface area contributed by atoms with Crippen molar-refractivity contribution in [2.24, 2.45) is 0 Å². The molecule has 3 saturated heterocycles. The summed E-state index contributed by atoms with van der Waals surface area (Å²) in [7, 11) is 0. The molecule has 5 heteroatoms. The molecule has 3 fully saturated rings. The molecule has 2 atom stereocenters. The lowest BCUT2D eigenvalue weighted by molar-refractivity contribution is -0.00287. The van der Waals surface area contributed by atoms with Crippen LogP contribution in [-0.2, 0) is 6.42 Å². The number of rotatable bonds is 5. The summed E-state index contributed by atoms with van der Waals surface area (Å²) in [6, 6.07) is 2.95. The summed E-state index contributed by atoms with van der Waals surface area (Å²) in [6.45, 7) is 9.21. The lowest BCUT2D eigenvalue weighted by Crippen LogP contribution is -2.66. The van der Waals surface area contributed by atoms with Crippen molar-refractivity contribution in [1.82, 2.24) is 20.1 Å². The first-order valence-electron chi connectivity index (χ1n) is 7.66. The summed E-state index contributed by atoms with van der Waals surface area (Å²) in [4.78, 5) is 9.44. The van der Waals surface area contributed by atoms with Gasteiger partial charge in [-0.05, 0) is 24.6 Å². The van der Waals surface area contributed by atoms with E-state index in [1.54, 1.807) is 6.20 Å². The molecule has 0 spiro atoms. The Hall–Kier alpha value is -1.17. The summed E-state index contributed by atoms with van der Waals surface area (Å²) >= 11 is 0. The molecule has 2 bridgehead atoms. The van der Waals surface area contributed by atoms with Gasteiger partial charge in [-0.2, -0.15) is 0 Å². The third-order valence-corrected chi connectivity index (χ3v) is 4.63. The predicted octanol–water partition coefficient (Wildman–Crippen LogP) is 0.184. The monoisotopic (exact) mass is 275 g/mol. The highest BCUT2D eigenvalue weighted by Gasteiger charge is 2.36. The number of pyridine rings is 1. The average molecular weight is 275 g/mol. The van der Waals surface area contributed by atoms with Crippen LogP contribution in [0.15, 0.2) is 18.5 Å². The Kier molecular flexibility index (Phi) is 4.19. The normalized spacial score (nSPS) is 30.4. The number of nitrogens with two attached hydrogens (primary N) is 1. The fourth-order valence-electron chi connectivity index (χ4n) is 3.49. The molecule has 20 heavy (non-hydrogen) atoms. The minimum atomic E-state index is 0.453. The maximum Gasteiger partial charge on any atom is 0.0380 e. The Morgan fingerprint density at radius 3 is 2.80 bits per heavy atom. The van der Waals surface area contributed by atoms with E-state index in [0.717, 1.165) is 24.2 Å². The first-order chi connectivity index (χ1) is 9.78. The van der Waals surface area contributed by atoms with Gasteiger partial charge in [-0.25, -0.2) is 0 Å². The number of nitrogen functional groups attached to an aromatic ring is 1. The number of aromatic nitrogens is 1. The van der Waals surface area contributed by atoms with E-state index >= 15 is 0 Å². The molecular weight excluding hydrogens is 250 g/mol. The van der Waals surface area contributed by atoms with E-state index in [1.807, 2.05) is 12.3 Å². The molecule has 2 unspecified atom stereocenters. The number of hydrogen-bond donors (Lipinski definition) is 2. The number of anilines is 1. The Labute approximate surface area is 121 Å². The molecule has 3 aliphatic heterocycles. The van der Waals surface area contributed by atoms with E-state index < -0.39 is 0 Å². The molecule has 0 radical (unpaired) electrons. The Morgan fingerprint density at radius 1 is 1.40 bits per heavy atom. The van der Waals surface area contributed by atoms with Crippen molar-refractivity contribution in [3.63, 3.8) is 0 Å². The van der Waals surface area contributed by atoms with Crippen molar-refractivity contribution < 1.29 is 0 Å². The zero-order valence-corrected chi connectivity index (χ0v) is 12.3. The lowest BCUT2D eigenvalue weighted by atomic mass is 9.94. The average Bonchev–Trinajstić information content (AvgIpc) is 2.50. The van der Waals surface area contributed by atoms with Crippen LogP contribution in [0.2, 0.25) is 0 Å². The van der Waals surface area contributed by atoms with Crippen LogP contribution < -0.4 is 11.1 Å². The summed E-state index contributed by atoms with van der Waals surface area (Å²) in [5.41, 5.74) is 8.10. The molecule has 5 nitrogen and oxygen atoms in total. The van der Waals surface area contributed by atoms with E-state index in [9.17, 15) is 0 Å². The van der Waals surface area contributed by atoms with E-state index in [2.05, 4.69) is 27.0 Å². The largest absolute Gasteiger partial charge is 0.398 e. The van der Waals surface area contributed by atoms with Crippen molar-refractivity contribution in [2.45, 2.75) is 25.4 Å². The molecule has 0 aliphatic carbocycles. The molecule has 0 amide bonds. The van der Waals surface area contributed by atoms with Gasteiger partial charge in [0.25, 0.3) is 0 Å². The van der Waals surface area contributed by atoms with Gasteiger partial charge in [0.15, 0.2) is 0 Å². The fourth-order valence-corrected chi connectivity index (χ4v) is 3.49. The van der Waals surface area contributed by atoms with Crippen molar-refractivity contribution >= 4 is 5.69 Å². The van der Waals surface area contributed by atoms with Gasteiger partial charge in [0.05, 0.1) is 0 Å². The quantitative estimate of drug-likeness (QED) is 0.803. The fraction of sp³-hybridized carbons (Fsp3) is 0.667. The molecule has 0 saturated carbocycles. The Morgan fingerprint density at radius 2 is 2.20 bits per heavy atom. The molecular formula is C15H25N5. The zero-order chi connectivity index (χ0) is 13.9. The molecule has 4 rings (SSSR count). The van der Waals surface area contributed by atoms with E-state index in [1.165, 1.54) is 32.7 Å². The Balaban J connectivity index is 1.74. The van der Waals surface area contributed by atoms with Gasteiger partial charge in [0.1, 0.15) is 0 Å². The highest BCUT2D eigenvalue weighted by molar-refractivity contribution is 5.44. The number of hydrogen-bond acceptors (Lipinski definition) is 5. The van der Waals surface area contributed by atoms with Gasteiger partial charge in [-0.15, -0.1) is 0 Å². The SMILES string of the molecule is CCNC(Cc1cnccc1N)C1CN2CCN1CC2. The van der Waals surface area contributed by atoms with Crippen LogP contribution in [0.3, 0.4) is 0 Å². The molecule has 1 aromatic rings. The second kappa shape index (κ2) is 6.08. The second-order valence-electron chi connectivity index (χ2n) is 5.85. The second-order valence-corrected chi connectivity index (χ2v) is 5.85. The molecule has 4 heterocycles. The van der Waals surface area contributed by atoms with Crippen molar-refractivity contribution in [1.29, 1.82) is 0 Å². The third-order valence-electron chi connectivity index (χ3n) is 4.63. The van der Waals surface area contributed by atoms with Gasteiger partial charge in [-0.3, -0.25) is 14.8 Å². The van der Waals surface area contributed by atoms with E-state index in [-0.39, 0.29) is 0 Å². The number of piperazine rings is 3. The smallest absolute Gasteiger partial charge is 0.0380 e. The number of nitrogens with one attached hydrogen (secondary N) is 1. The number of fused-ring (bicyclic) bond motifs is 3. The van der Waals surface area contributed by atoms with Gasteiger partial charge < -0.3 is 11.1 Å². The highest BCUT2D eigenvalue weighted by atomic mass is 15.4. The van der Waals surface area contributed by atoms with Crippen molar-refractivity contribution in [3.05, 3.63) is 24.0 Å². The van der Waals surface area contributed by atoms with Crippen LogP contribution in [0.4, 0.5) is 5.69 Å². The van der Waals surface area contributed by atoms with E-state index in [0.29, 0.717) is 12.1 Å². The van der Waals surface area contributed by atoms with Crippen molar-refractivity contribution in [3.8, 4) is 0 Å². The Bertz CT molecular complexity index is 442.